The number of aromatic nitrogens is 1. The highest BCUT2D eigenvalue weighted by atomic mass is 16.5. The summed E-state index contributed by atoms with van der Waals surface area (Å²) in [5.41, 5.74) is 5.45. The number of aromatic amines is 1. The van der Waals surface area contributed by atoms with Gasteiger partial charge < -0.3 is 25.1 Å². The Kier molecular flexibility index (Phi) is 7.27. The number of ether oxygens (including phenoxy) is 2. The number of amides is 1. The van der Waals surface area contributed by atoms with Crippen LogP contribution in [0.5, 0.6) is 11.5 Å². The summed E-state index contributed by atoms with van der Waals surface area (Å²) in [6.45, 7) is 3.49. The van der Waals surface area contributed by atoms with Crippen LogP contribution in [0.2, 0.25) is 0 Å². The molecule has 4 rings (SSSR count). The molecule has 6 heteroatoms. The monoisotopic (exact) mass is 443 g/mol. The van der Waals surface area contributed by atoms with Crippen molar-refractivity contribution in [1.29, 1.82) is 0 Å². The predicted molar refractivity (Wildman–Crippen MR) is 132 cm³/mol. The van der Waals surface area contributed by atoms with Crippen molar-refractivity contribution in [3.05, 3.63) is 89.6 Å². The zero-order valence-electron chi connectivity index (χ0n) is 19.0. The van der Waals surface area contributed by atoms with Crippen LogP contribution in [0.25, 0.3) is 10.9 Å². The highest BCUT2D eigenvalue weighted by Gasteiger charge is 2.09. The lowest BCUT2D eigenvalue weighted by atomic mass is 10.1. The van der Waals surface area contributed by atoms with E-state index < -0.39 is 0 Å². The molecule has 6 nitrogen and oxygen atoms in total. The van der Waals surface area contributed by atoms with Crippen LogP contribution in [0.15, 0.2) is 72.9 Å². The van der Waals surface area contributed by atoms with Crippen LogP contribution in [0, 0.1) is 6.92 Å². The fraction of sp³-hybridized carbons (Fsp3) is 0.222. The normalized spacial score (nSPS) is 10.8. The Labute approximate surface area is 193 Å². The minimum absolute atomic E-state index is 0.0908. The van der Waals surface area contributed by atoms with Crippen molar-refractivity contribution in [1.82, 2.24) is 10.3 Å². The standard InChI is InChI=1S/C27H29N3O3/c1-19-7-10-22(11-8-19)30-27(31)18-33-25-12-9-20(15-26(25)32-2)16-28-14-13-21-17-29-24-6-4-3-5-23(21)24/h3-12,15,17,28-29H,13-14,16,18H2,1-2H3,(H,30,31). The number of benzene rings is 3. The number of nitrogens with one attached hydrogen (secondary N) is 3. The molecule has 0 unspecified atom stereocenters. The summed E-state index contributed by atoms with van der Waals surface area (Å²) < 4.78 is 11.2. The summed E-state index contributed by atoms with van der Waals surface area (Å²) in [4.78, 5) is 15.5. The van der Waals surface area contributed by atoms with Crippen LogP contribution in [-0.2, 0) is 17.8 Å². The molecule has 1 heterocycles. The Morgan fingerprint density at radius 1 is 1.00 bits per heavy atom. The van der Waals surface area contributed by atoms with E-state index in [2.05, 4.69) is 40.0 Å². The number of H-pyrrole nitrogens is 1. The van der Waals surface area contributed by atoms with Gasteiger partial charge in [-0.05, 0) is 61.3 Å². The molecule has 0 saturated carbocycles. The lowest BCUT2D eigenvalue weighted by Gasteiger charge is -2.13. The number of carbonyl (C=O) groups is 1. The molecule has 33 heavy (non-hydrogen) atoms. The summed E-state index contributed by atoms with van der Waals surface area (Å²) in [6.07, 6.45) is 3.02. The second-order valence-corrected chi connectivity index (χ2v) is 7.97. The maximum atomic E-state index is 12.2. The number of carbonyl (C=O) groups excluding carboxylic acids is 1. The molecule has 0 radical (unpaired) electrons. The molecule has 0 saturated heterocycles. The molecular formula is C27H29N3O3. The van der Waals surface area contributed by atoms with E-state index in [1.165, 1.54) is 16.5 Å². The van der Waals surface area contributed by atoms with Gasteiger partial charge >= 0.3 is 0 Å². The smallest absolute Gasteiger partial charge is 0.262 e. The lowest BCUT2D eigenvalue weighted by Crippen LogP contribution is -2.20. The first-order valence-electron chi connectivity index (χ1n) is 11.0. The Bertz CT molecular complexity index is 1220. The second-order valence-electron chi connectivity index (χ2n) is 7.97. The van der Waals surface area contributed by atoms with Gasteiger partial charge in [0.05, 0.1) is 7.11 Å². The van der Waals surface area contributed by atoms with Gasteiger partial charge in [-0.1, -0.05) is 42.0 Å². The Morgan fingerprint density at radius 2 is 1.82 bits per heavy atom. The van der Waals surface area contributed by atoms with Crippen molar-refractivity contribution in [3.8, 4) is 11.5 Å². The number of methoxy groups -OCH3 is 1. The summed E-state index contributed by atoms with van der Waals surface area (Å²) >= 11 is 0. The van der Waals surface area contributed by atoms with Crippen LogP contribution >= 0.6 is 0 Å². The lowest BCUT2D eigenvalue weighted by molar-refractivity contribution is -0.118. The summed E-state index contributed by atoms with van der Waals surface area (Å²) in [7, 11) is 1.60. The first-order chi connectivity index (χ1) is 16.1. The first-order valence-corrected chi connectivity index (χ1v) is 11.0. The van der Waals surface area contributed by atoms with Crippen molar-refractivity contribution in [3.63, 3.8) is 0 Å². The average molecular weight is 444 g/mol. The SMILES string of the molecule is COc1cc(CNCCc2c[nH]c3ccccc23)ccc1OCC(=O)Nc1ccc(C)cc1. The van der Waals surface area contributed by atoms with Gasteiger partial charge in [0.1, 0.15) is 0 Å². The predicted octanol–water partition coefficient (Wildman–Crippen LogP) is 4.83. The van der Waals surface area contributed by atoms with Gasteiger partial charge in [0.15, 0.2) is 18.1 Å². The van der Waals surface area contributed by atoms with E-state index in [1.807, 2.05) is 55.5 Å². The molecule has 170 valence electrons. The van der Waals surface area contributed by atoms with Gasteiger partial charge in [-0.3, -0.25) is 4.79 Å². The van der Waals surface area contributed by atoms with Crippen molar-refractivity contribution >= 4 is 22.5 Å². The fourth-order valence-electron chi connectivity index (χ4n) is 3.71. The van der Waals surface area contributed by atoms with Gasteiger partial charge in [0.25, 0.3) is 5.91 Å². The maximum Gasteiger partial charge on any atom is 0.262 e. The van der Waals surface area contributed by atoms with Crippen molar-refractivity contribution in [2.75, 3.05) is 25.6 Å². The molecule has 0 fully saturated rings. The zero-order chi connectivity index (χ0) is 23.0. The number of anilines is 1. The van der Waals surface area contributed by atoms with E-state index in [9.17, 15) is 4.79 Å². The number of hydrogen-bond donors (Lipinski definition) is 3. The molecule has 0 bridgehead atoms. The van der Waals surface area contributed by atoms with E-state index in [4.69, 9.17) is 9.47 Å². The molecule has 0 atom stereocenters. The van der Waals surface area contributed by atoms with Gasteiger partial charge in [-0.2, -0.15) is 0 Å². The molecule has 3 N–H and O–H groups in total. The number of rotatable bonds is 10. The topological polar surface area (TPSA) is 75.4 Å². The van der Waals surface area contributed by atoms with Gasteiger partial charge in [0, 0.05) is 29.3 Å². The van der Waals surface area contributed by atoms with Crippen LogP contribution < -0.4 is 20.1 Å². The second kappa shape index (κ2) is 10.7. The minimum Gasteiger partial charge on any atom is -0.493 e. The maximum absolute atomic E-state index is 12.2. The van der Waals surface area contributed by atoms with E-state index in [0.29, 0.717) is 18.0 Å². The van der Waals surface area contributed by atoms with Crippen LogP contribution in [0.1, 0.15) is 16.7 Å². The third-order valence-electron chi connectivity index (χ3n) is 5.50. The summed E-state index contributed by atoms with van der Waals surface area (Å²) in [5, 5.41) is 7.58. The van der Waals surface area contributed by atoms with Crippen LogP contribution in [0.4, 0.5) is 5.69 Å². The third kappa shape index (κ3) is 5.93. The van der Waals surface area contributed by atoms with Gasteiger partial charge in [0.2, 0.25) is 0 Å². The highest BCUT2D eigenvalue weighted by Crippen LogP contribution is 2.28. The average Bonchev–Trinajstić information content (AvgIpc) is 3.25. The van der Waals surface area contributed by atoms with Crippen LogP contribution in [-0.4, -0.2) is 31.2 Å². The first kappa shape index (κ1) is 22.4. The largest absolute Gasteiger partial charge is 0.493 e. The van der Waals surface area contributed by atoms with Gasteiger partial charge in [-0.25, -0.2) is 0 Å². The Hall–Kier alpha value is -3.77. The minimum atomic E-state index is -0.219. The number of aryl methyl sites for hydroxylation is 1. The zero-order valence-corrected chi connectivity index (χ0v) is 19.0. The van der Waals surface area contributed by atoms with Crippen molar-refractivity contribution < 1.29 is 14.3 Å². The summed E-state index contributed by atoms with van der Waals surface area (Å²) in [5.74, 6) is 0.928. The molecule has 4 aromatic rings. The molecule has 3 aromatic carbocycles. The van der Waals surface area contributed by atoms with E-state index >= 15 is 0 Å². The Morgan fingerprint density at radius 3 is 2.64 bits per heavy atom. The fourth-order valence-corrected chi connectivity index (χ4v) is 3.71. The van der Waals surface area contributed by atoms with E-state index in [1.54, 1.807) is 7.11 Å². The Balaban J connectivity index is 1.26. The van der Waals surface area contributed by atoms with Crippen molar-refractivity contribution in [2.24, 2.45) is 0 Å². The third-order valence-corrected chi connectivity index (χ3v) is 5.50. The summed E-state index contributed by atoms with van der Waals surface area (Å²) in [6, 6.07) is 21.7. The molecule has 0 spiro atoms. The molecule has 1 amide bonds. The molecule has 0 aliphatic heterocycles. The molecule has 0 aliphatic carbocycles. The number of para-hydroxylation sites is 1. The van der Waals surface area contributed by atoms with Crippen LogP contribution in [0.3, 0.4) is 0 Å². The molecule has 1 aromatic heterocycles. The number of fused-ring (bicyclic) bond motifs is 1. The number of hydrogen-bond acceptors (Lipinski definition) is 4. The quantitative estimate of drug-likeness (QED) is 0.307. The highest BCUT2D eigenvalue weighted by molar-refractivity contribution is 5.91. The van der Waals surface area contributed by atoms with E-state index in [0.717, 1.165) is 29.8 Å². The van der Waals surface area contributed by atoms with Gasteiger partial charge in [-0.15, -0.1) is 0 Å². The van der Waals surface area contributed by atoms with E-state index in [-0.39, 0.29) is 12.5 Å². The molecular weight excluding hydrogens is 414 g/mol. The molecule has 0 aliphatic rings. The van der Waals surface area contributed by atoms with Crippen molar-refractivity contribution in [2.45, 2.75) is 19.9 Å².